The molecule has 0 aliphatic heterocycles. The van der Waals surface area contributed by atoms with Crippen molar-refractivity contribution in [2.24, 2.45) is 10.3 Å². The van der Waals surface area contributed by atoms with Crippen LogP contribution >= 0.6 is 0 Å². The molecule has 0 bridgehead atoms. The quantitative estimate of drug-likeness (QED) is 0.107. The molecular formula is C26H25N3O6. The fourth-order valence-electron chi connectivity index (χ4n) is 2.98. The highest BCUT2D eigenvalue weighted by atomic mass is 17.1. The molecule has 0 radical (unpaired) electrons. The maximum atomic E-state index is 8.64. The molecule has 0 spiro atoms. The molecule has 0 heterocycles. The van der Waals surface area contributed by atoms with E-state index in [1.165, 1.54) is 0 Å². The van der Waals surface area contributed by atoms with Crippen molar-refractivity contribution < 1.29 is 29.8 Å². The van der Waals surface area contributed by atoms with E-state index in [1.807, 2.05) is 54.6 Å². The van der Waals surface area contributed by atoms with E-state index in [4.69, 9.17) is 20.0 Å². The van der Waals surface area contributed by atoms with Gasteiger partial charge in [-0.05, 0) is 77.9 Å². The predicted molar refractivity (Wildman–Crippen MR) is 131 cm³/mol. The number of hydrogen-bond donors (Lipinski definition) is 2. The summed E-state index contributed by atoms with van der Waals surface area (Å²) in [6.07, 6.45) is 2.03. The molecule has 180 valence electrons. The monoisotopic (exact) mass is 475 g/mol. The molecule has 3 rings (SSSR count). The topological polar surface area (TPSA) is 105 Å². The number of benzene rings is 3. The van der Waals surface area contributed by atoms with Crippen molar-refractivity contribution in [1.82, 2.24) is 5.01 Å². The number of nitrogens with zero attached hydrogens (tertiary/aromatic N) is 3. The van der Waals surface area contributed by atoms with Gasteiger partial charge in [0.2, 0.25) is 0 Å². The van der Waals surface area contributed by atoms with Crippen LogP contribution in [-0.2, 0) is 9.78 Å². The molecule has 0 amide bonds. The summed E-state index contributed by atoms with van der Waals surface area (Å²) in [7, 11) is 3.61. The highest BCUT2D eigenvalue weighted by Crippen LogP contribution is 2.30. The van der Waals surface area contributed by atoms with Crippen LogP contribution in [0.1, 0.15) is 16.7 Å². The van der Waals surface area contributed by atoms with Crippen molar-refractivity contribution in [3.05, 3.63) is 115 Å². The van der Waals surface area contributed by atoms with Crippen LogP contribution in [0.15, 0.2) is 108 Å². The summed E-state index contributed by atoms with van der Waals surface area (Å²) in [5.74, 6) is 0.441. The van der Waals surface area contributed by atoms with Gasteiger partial charge in [-0.25, -0.2) is 0 Å². The summed E-state index contributed by atoms with van der Waals surface area (Å²) < 4.78 is 10.5. The number of ether oxygens (including phenoxy) is 2. The van der Waals surface area contributed by atoms with Crippen LogP contribution in [0.25, 0.3) is 11.6 Å². The standard InChI is InChI=1S/C26H25N3O6/c1-18(34-30)32-24-13-7-21(8-14-24)26(22-9-15-25(16-10-22)33-19(2)35-31)17-20-5-11-23(12-6-20)27-28-29(3)4/h5-17,30-31H,1-2H2,3-4H3. The maximum Gasteiger partial charge on any atom is 0.314 e. The van der Waals surface area contributed by atoms with Crippen LogP contribution in [0, 0.1) is 0 Å². The third kappa shape index (κ3) is 7.46. The summed E-state index contributed by atoms with van der Waals surface area (Å²) in [5, 5.41) is 27.1. The molecule has 2 N–H and O–H groups in total. The lowest BCUT2D eigenvalue weighted by Gasteiger charge is -2.12. The Morgan fingerprint density at radius 2 is 1.20 bits per heavy atom. The van der Waals surface area contributed by atoms with E-state index in [-0.39, 0.29) is 11.9 Å². The second-order valence-electron chi connectivity index (χ2n) is 7.37. The molecule has 0 saturated heterocycles. The Balaban J connectivity index is 1.95. The number of hydrogen-bond acceptors (Lipinski definition) is 8. The van der Waals surface area contributed by atoms with Crippen LogP contribution in [0.2, 0.25) is 0 Å². The van der Waals surface area contributed by atoms with Gasteiger partial charge in [-0.3, -0.25) is 5.01 Å². The van der Waals surface area contributed by atoms with Gasteiger partial charge in [0.15, 0.2) is 0 Å². The second-order valence-corrected chi connectivity index (χ2v) is 7.37. The average molecular weight is 476 g/mol. The van der Waals surface area contributed by atoms with Gasteiger partial charge in [-0.2, -0.15) is 10.5 Å². The van der Waals surface area contributed by atoms with Gasteiger partial charge in [0.25, 0.3) is 0 Å². The summed E-state index contributed by atoms with van der Waals surface area (Å²) in [5.41, 5.74) is 4.41. The molecular weight excluding hydrogens is 450 g/mol. The van der Waals surface area contributed by atoms with Gasteiger partial charge in [0, 0.05) is 14.1 Å². The lowest BCUT2D eigenvalue weighted by Crippen LogP contribution is -1.98. The first kappa shape index (κ1) is 25.0. The van der Waals surface area contributed by atoms with E-state index in [1.54, 1.807) is 43.4 Å². The number of rotatable bonds is 11. The second kappa shape index (κ2) is 12.0. The van der Waals surface area contributed by atoms with Gasteiger partial charge < -0.3 is 19.2 Å². The molecule has 9 heteroatoms. The van der Waals surface area contributed by atoms with E-state index in [2.05, 4.69) is 33.3 Å². The molecule has 3 aromatic carbocycles. The van der Waals surface area contributed by atoms with Crippen LogP contribution in [0.5, 0.6) is 11.5 Å². The van der Waals surface area contributed by atoms with Crippen molar-refractivity contribution in [2.75, 3.05) is 14.1 Å². The van der Waals surface area contributed by atoms with Gasteiger partial charge in [-0.15, -0.1) is 5.11 Å². The Morgan fingerprint density at radius 1 is 0.743 bits per heavy atom. The molecule has 0 saturated carbocycles. The molecule has 0 atom stereocenters. The lowest BCUT2D eigenvalue weighted by molar-refractivity contribution is -0.230. The minimum Gasteiger partial charge on any atom is -0.425 e. The Bertz CT molecular complexity index is 1140. The Labute approximate surface area is 202 Å². The maximum absolute atomic E-state index is 8.64. The molecule has 9 nitrogen and oxygen atoms in total. The molecule has 0 aliphatic rings. The first-order chi connectivity index (χ1) is 16.9. The molecule has 0 aliphatic carbocycles. The Kier molecular flexibility index (Phi) is 8.60. The third-order valence-corrected chi connectivity index (χ3v) is 4.54. The summed E-state index contributed by atoms with van der Waals surface area (Å²) in [6.45, 7) is 6.86. The first-order valence-electron chi connectivity index (χ1n) is 10.4. The van der Waals surface area contributed by atoms with Gasteiger partial charge in [0.1, 0.15) is 11.5 Å². The minimum atomic E-state index is -0.232. The summed E-state index contributed by atoms with van der Waals surface area (Å²) in [4.78, 5) is 7.96. The van der Waals surface area contributed by atoms with E-state index < -0.39 is 0 Å². The molecule has 35 heavy (non-hydrogen) atoms. The van der Waals surface area contributed by atoms with E-state index >= 15 is 0 Å². The van der Waals surface area contributed by atoms with E-state index in [0.29, 0.717) is 11.5 Å². The molecule has 0 aromatic heterocycles. The SMILES string of the molecule is C=C(OO)Oc1ccc(C(=Cc2ccc(N=NN(C)C)cc2)c2ccc(OC(=C)OO)cc2)cc1. The van der Waals surface area contributed by atoms with Crippen LogP contribution in [0.3, 0.4) is 0 Å². The van der Waals surface area contributed by atoms with E-state index in [9.17, 15) is 0 Å². The Morgan fingerprint density at radius 3 is 1.60 bits per heavy atom. The zero-order valence-corrected chi connectivity index (χ0v) is 19.3. The fourth-order valence-corrected chi connectivity index (χ4v) is 2.98. The van der Waals surface area contributed by atoms with Crippen LogP contribution < -0.4 is 9.47 Å². The predicted octanol–water partition coefficient (Wildman–Crippen LogP) is 6.52. The van der Waals surface area contributed by atoms with Gasteiger partial charge in [0.05, 0.1) is 5.69 Å². The largest absolute Gasteiger partial charge is 0.425 e. The van der Waals surface area contributed by atoms with Crippen molar-refractivity contribution in [2.45, 2.75) is 0 Å². The fraction of sp³-hybridized carbons (Fsp3) is 0.0769. The van der Waals surface area contributed by atoms with Crippen molar-refractivity contribution in [1.29, 1.82) is 0 Å². The zero-order valence-electron chi connectivity index (χ0n) is 19.3. The Hall–Kier alpha value is -4.60. The van der Waals surface area contributed by atoms with Crippen molar-refractivity contribution in [3.63, 3.8) is 0 Å². The van der Waals surface area contributed by atoms with Crippen LogP contribution in [-0.4, -0.2) is 29.6 Å². The highest BCUT2D eigenvalue weighted by molar-refractivity contribution is 5.91. The minimum absolute atomic E-state index is 0.232. The summed E-state index contributed by atoms with van der Waals surface area (Å²) >= 11 is 0. The average Bonchev–Trinajstić information content (AvgIpc) is 2.87. The van der Waals surface area contributed by atoms with Gasteiger partial charge in [-0.1, -0.05) is 41.6 Å². The van der Waals surface area contributed by atoms with Crippen LogP contribution in [0.4, 0.5) is 5.69 Å². The normalized spacial score (nSPS) is 10.4. The van der Waals surface area contributed by atoms with E-state index in [0.717, 1.165) is 28.0 Å². The summed E-state index contributed by atoms with van der Waals surface area (Å²) in [6, 6.07) is 22.1. The van der Waals surface area contributed by atoms with Gasteiger partial charge >= 0.3 is 11.9 Å². The van der Waals surface area contributed by atoms with Crippen molar-refractivity contribution >= 4 is 17.3 Å². The smallest absolute Gasteiger partial charge is 0.314 e. The highest BCUT2D eigenvalue weighted by Gasteiger charge is 2.09. The molecule has 0 fully saturated rings. The molecule has 3 aromatic rings. The molecule has 0 unspecified atom stereocenters. The lowest BCUT2D eigenvalue weighted by atomic mass is 9.95. The first-order valence-corrected chi connectivity index (χ1v) is 10.4. The van der Waals surface area contributed by atoms with Crippen molar-refractivity contribution in [3.8, 4) is 11.5 Å². The zero-order chi connectivity index (χ0) is 25.2. The third-order valence-electron chi connectivity index (χ3n) is 4.54.